The molecule has 0 spiro atoms. The van der Waals surface area contributed by atoms with E-state index in [0.29, 0.717) is 22.0 Å². The molecule has 0 unspecified atom stereocenters. The third-order valence-corrected chi connectivity index (χ3v) is 5.21. The molecule has 1 N–H and O–H groups in total. The second-order valence-corrected chi connectivity index (χ2v) is 7.85. The van der Waals surface area contributed by atoms with Crippen LogP contribution in [0.4, 0.5) is 0 Å². The molecular weight excluding hydrogens is 374 g/mol. The summed E-state index contributed by atoms with van der Waals surface area (Å²) in [5.74, 6) is -0.597. The van der Waals surface area contributed by atoms with Crippen molar-refractivity contribution in [3.63, 3.8) is 0 Å². The number of aromatic nitrogens is 2. The molecule has 0 aliphatic heterocycles. The summed E-state index contributed by atoms with van der Waals surface area (Å²) in [6.07, 6.45) is 1.46. The SMILES string of the molecule is Cn1cc(C(=O)NS(=O)(=O)Cc2ccccc2)nc1-c1ccccc1Cl. The van der Waals surface area contributed by atoms with Crippen molar-refractivity contribution in [3.05, 3.63) is 77.1 Å². The Morgan fingerprint density at radius 3 is 2.46 bits per heavy atom. The van der Waals surface area contributed by atoms with Gasteiger partial charge in [-0.2, -0.15) is 0 Å². The van der Waals surface area contributed by atoms with Gasteiger partial charge in [0.2, 0.25) is 10.0 Å². The van der Waals surface area contributed by atoms with Crippen LogP contribution in [0.2, 0.25) is 5.02 Å². The zero-order valence-corrected chi connectivity index (χ0v) is 15.5. The molecule has 3 aromatic rings. The minimum absolute atomic E-state index is 0.000874. The van der Waals surface area contributed by atoms with Gasteiger partial charge in [-0.1, -0.05) is 54.1 Å². The lowest BCUT2D eigenvalue weighted by atomic mass is 10.2. The average Bonchev–Trinajstić information content (AvgIpc) is 2.97. The number of hydrogen-bond acceptors (Lipinski definition) is 4. The number of nitrogens with zero attached hydrogens (tertiary/aromatic N) is 2. The molecule has 0 bridgehead atoms. The van der Waals surface area contributed by atoms with Gasteiger partial charge in [-0.05, 0) is 17.7 Å². The van der Waals surface area contributed by atoms with Crippen LogP contribution in [0.5, 0.6) is 0 Å². The standard InChI is InChI=1S/C18H16ClN3O3S/c1-22-11-16(20-17(22)14-9-5-6-10-15(14)19)18(23)21-26(24,25)12-13-7-3-2-4-8-13/h2-11H,12H2,1H3,(H,21,23). The summed E-state index contributed by atoms with van der Waals surface area (Å²) in [5.41, 5.74) is 1.24. The van der Waals surface area contributed by atoms with E-state index in [-0.39, 0.29) is 11.4 Å². The summed E-state index contributed by atoms with van der Waals surface area (Å²) in [5, 5.41) is 0.491. The number of aryl methyl sites for hydroxylation is 1. The number of benzene rings is 2. The smallest absolute Gasteiger partial charge is 0.284 e. The van der Waals surface area contributed by atoms with Crippen molar-refractivity contribution in [1.29, 1.82) is 0 Å². The van der Waals surface area contributed by atoms with Crippen LogP contribution in [0.3, 0.4) is 0 Å². The first-order chi connectivity index (χ1) is 12.4. The number of halogens is 1. The van der Waals surface area contributed by atoms with Crippen LogP contribution in [0.25, 0.3) is 11.4 Å². The van der Waals surface area contributed by atoms with E-state index in [4.69, 9.17) is 11.6 Å². The fraction of sp³-hybridized carbons (Fsp3) is 0.111. The van der Waals surface area contributed by atoms with Crippen molar-refractivity contribution in [1.82, 2.24) is 14.3 Å². The second-order valence-electron chi connectivity index (χ2n) is 5.72. The van der Waals surface area contributed by atoms with E-state index in [1.165, 1.54) is 6.20 Å². The van der Waals surface area contributed by atoms with Crippen LogP contribution < -0.4 is 4.72 Å². The summed E-state index contributed by atoms with van der Waals surface area (Å²) in [4.78, 5) is 16.6. The third kappa shape index (κ3) is 4.12. The zero-order chi connectivity index (χ0) is 18.7. The van der Waals surface area contributed by atoms with Crippen molar-refractivity contribution >= 4 is 27.5 Å². The van der Waals surface area contributed by atoms with Gasteiger partial charge in [-0.25, -0.2) is 18.1 Å². The van der Waals surface area contributed by atoms with Gasteiger partial charge in [-0.15, -0.1) is 0 Å². The van der Waals surface area contributed by atoms with Crippen LogP contribution in [-0.2, 0) is 22.8 Å². The first-order valence-electron chi connectivity index (χ1n) is 7.73. The van der Waals surface area contributed by atoms with Crippen LogP contribution in [0.15, 0.2) is 60.8 Å². The molecule has 1 heterocycles. The van der Waals surface area contributed by atoms with Crippen LogP contribution >= 0.6 is 11.6 Å². The van der Waals surface area contributed by atoms with Gasteiger partial charge in [-0.3, -0.25) is 4.79 Å². The van der Waals surface area contributed by atoms with Crippen molar-refractivity contribution in [2.45, 2.75) is 5.75 Å². The van der Waals surface area contributed by atoms with E-state index in [1.807, 2.05) is 0 Å². The predicted molar refractivity (Wildman–Crippen MR) is 100 cm³/mol. The fourth-order valence-corrected chi connectivity index (χ4v) is 3.80. The maximum atomic E-state index is 12.3. The average molecular weight is 390 g/mol. The van der Waals surface area contributed by atoms with E-state index in [0.717, 1.165) is 0 Å². The molecule has 1 aromatic heterocycles. The van der Waals surface area contributed by atoms with Crippen molar-refractivity contribution in [2.24, 2.45) is 7.05 Å². The fourth-order valence-electron chi connectivity index (χ4n) is 2.49. The number of rotatable bonds is 5. The predicted octanol–water partition coefficient (Wildman–Crippen LogP) is 3.00. The Morgan fingerprint density at radius 1 is 1.12 bits per heavy atom. The molecule has 26 heavy (non-hydrogen) atoms. The van der Waals surface area contributed by atoms with E-state index in [2.05, 4.69) is 9.71 Å². The van der Waals surface area contributed by atoms with Crippen LogP contribution in [0, 0.1) is 0 Å². The maximum absolute atomic E-state index is 12.3. The molecule has 3 rings (SSSR count). The quantitative estimate of drug-likeness (QED) is 0.727. The van der Waals surface area contributed by atoms with Gasteiger partial charge in [0.15, 0.2) is 0 Å². The largest absolute Gasteiger partial charge is 0.333 e. The van der Waals surface area contributed by atoms with Crippen molar-refractivity contribution in [3.8, 4) is 11.4 Å². The van der Waals surface area contributed by atoms with Crippen LogP contribution in [0.1, 0.15) is 16.1 Å². The van der Waals surface area contributed by atoms with Gasteiger partial charge >= 0.3 is 0 Å². The number of sulfonamides is 1. The van der Waals surface area contributed by atoms with Gasteiger partial charge in [0, 0.05) is 18.8 Å². The van der Waals surface area contributed by atoms with Gasteiger partial charge < -0.3 is 4.57 Å². The molecular formula is C18H16ClN3O3S. The topological polar surface area (TPSA) is 81.1 Å². The molecule has 2 aromatic carbocycles. The molecule has 134 valence electrons. The number of carbonyl (C=O) groups excluding carboxylic acids is 1. The van der Waals surface area contributed by atoms with Gasteiger partial charge in [0.05, 0.1) is 10.8 Å². The normalized spacial score (nSPS) is 11.3. The van der Waals surface area contributed by atoms with E-state index >= 15 is 0 Å². The molecule has 6 nitrogen and oxygen atoms in total. The minimum Gasteiger partial charge on any atom is -0.333 e. The molecule has 0 aliphatic carbocycles. The zero-order valence-electron chi connectivity index (χ0n) is 13.9. The monoisotopic (exact) mass is 389 g/mol. The highest BCUT2D eigenvalue weighted by Gasteiger charge is 2.20. The third-order valence-electron chi connectivity index (χ3n) is 3.67. The Morgan fingerprint density at radius 2 is 1.77 bits per heavy atom. The molecule has 8 heteroatoms. The summed E-state index contributed by atoms with van der Waals surface area (Å²) >= 11 is 6.17. The van der Waals surface area contributed by atoms with Crippen molar-refractivity contribution in [2.75, 3.05) is 0 Å². The number of hydrogen-bond donors (Lipinski definition) is 1. The lowest BCUT2D eigenvalue weighted by Crippen LogP contribution is -2.31. The first-order valence-corrected chi connectivity index (χ1v) is 9.76. The molecule has 0 atom stereocenters. The molecule has 0 radical (unpaired) electrons. The van der Waals surface area contributed by atoms with Crippen LogP contribution in [-0.4, -0.2) is 23.9 Å². The van der Waals surface area contributed by atoms with Gasteiger partial charge in [0.25, 0.3) is 5.91 Å². The number of carbonyl (C=O) groups is 1. The summed E-state index contributed by atoms with van der Waals surface area (Å²) in [6, 6.07) is 15.7. The number of imidazole rings is 1. The highest BCUT2D eigenvalue weighted by atomic mass is 35.5. The Bertz CT molecular complexity index is 1050. The van der Waals surface area contributed by atoms with E-state index < -0.39 is 15.9 Å². The maximum Gasteiger partial charge on any atom is 0.284 e. The summed E-state index contributed by atoms with van der Waals surface area (Å²) in [7, 11) is -2.12. The van der Waals surface area contributed by atoms with E-state index in [9.17, 15) is 13.2 Å². The molecule has 1 amide bonds. The Hall–Kier alpha value is -2.64. The lowest BCUT2D eigenvalue weighted by Gasteiger charge is -2.05. The summed E-state index contributed by atoms with van der Waals surface area (Å²) < 4.78 is 28.1. The second kappa shape index (κ2) is 7.31. The molecule has 0 aliphatic rings. The van der Waals surface area contributed by atoms with Crippen molar-refractivity contribution < 1.29 is 13.2 Å². The highest BCUT2D eigenvalue weighted by Crippen LogP contribution is 2.26. The molecule has 0 saturated heterocycles. The Balaban J connectivity index is 1.81. The number of nitrogens with one attached hydrogen (secondary N) is 1. The highest BCUT2D eigenvalue weighted by molar-refractivity contribution is 7.89. The minimum atomic E-state index is -3.83. The van der Waals surface area contributed by atoms with Gasteiger partial charge in [0.1, 0.15) is 11.5 Å². The Kier molecular flexibility index (Phi) is 5.11. The summed E-state index contributed by atoms with van der Waals surface area (Å²) in [6.45, 7) is 0. The first kappa shape index (κ1) is 18.2. The Labute approximate surface area is 156 Å². The molecule has 0 saturated carbocycles. The molecule has 0 fully saturated rings. The lowest BCUT2D eigenvalue weighted by molar-refractivity contribution is 0.0977. The number of amides is 1. The van der Waals surface area contributed by atoms with E-state index in [1.54, 1.807) is 66.2 Å².